The van der Waals surface area contributed by atoms with Gasteiger partial charge in [-0.3, -0.25) is 9.32 Å². The van der Waals surface area contributed by atoms with Gasteiger partial charge in [-0.05, 0) is 42.0 Å². The molecule has 4 rings (SSSR count). The molecule has 0 aliphatic rings. The number of rotatable bonds is 8. The Balaban J connectivity index is 1.30. The van der Waals surface area contributed by atoms with E-state index in [4.69, 9.17) is 20.9 Å². The zero-order valence-corrected chi connectivity index (χ0v) is 17.8. The third-order valence-electron chi connectivity index (χ3n) is 4.08. The summed E-state index contributed by atoms with van der Waals surface area (Å²) in [6.07, 6.45) is 1.66. The number of hydrogen-bond acceptors (Lipinski definition) is 7. The minimum absolute atomic E-state index is 0.106. The highest BCUT2D eigenvalue weighted by molar-refractivity contribution is 7.98. The van der Waals surface area contributed by atoms with E-state index in [0.717, 1.165) is 16.3 Å². The van der Waals surface area contributed by atoms with Crippen LogP contribution >= 0.6 is 23.4 Å². The van der Waals surface area contributed by atoms with Crippen molar-refractivity contribution in [3.63, 3.8) is 0 Å². The number of nitrogens with zero attached hydrogens (tertiary/aromatic N) is 3. The molecule has 1 N–H and O–H groups in total. The third-order valence-corrected chi connectivity index (χ3v) is 5.43. The molecule has 2 heterocycles. The Morgan fingerprint density at radius 3 is 2.81 bits per heavy atom. The van der Waals surface area contributed by atoms with Crippen molar-refractivity contribution in [3.8, 4) is 17.5 Å². The van der Waals surface area contributed by atoms with Crippen LogP contribution in [0.2, 0.25) is 5.02 Å². The van der Waals surface area contributed by atoms with Gasteiger partial charge in [-0.15, -0.1) is 11.8 Å². The second-order valence-corrected chi connectivity index (χ2v) is 7.76. The summed E-state index contributed by atoms with van der Waals surface area (Å²) in [5.74, 6) is 0.690. The number of pyridine rings is 1. The molecule has 0 saturated heterocycles. The monoisotopic (exact) mass is 452 g/mol. The summed E-state index contributed by atoms with van der Waals surface area (Å²) < 4.78 is 10.3. The second kappa shape index (κ2) is 10.1. The van der Waals surface area contributed by atoms with Gasteiger partial charge in [0.25, 0.3) is 5.91 Å². The van der Waals surface area contributed by atoms with Crippen LogP contribution in [0, 0.1) is 0 Å². The number of amides is 1. The number of aromatic nitrogens is 3. The quantitative estimate of drug-likeness (QED) is 0.372. The van der Waals surface area contributed by atoms with E-state index in [1.165, 1.54) is 0 Å². The summed E-state index contributed by atoms with van der Waals surface area (Å²) in [4.78, 5) is 20.7. The van der Waals surface area contributed by atoms with Gasteiger partial charge in [0.05, 0.1) is 10.0 Å². The van der Waals surface area contributed by atoms with Crippen molar-refractivity contribution in [1.82, 2.24) is 15.1 Å². The van der Waals surface area contributed by atoms with Gasteiger partial charge in [0.15, 0.2) is 6.61 Å². The fraction of sp³-hybridized carbons (Fsp3) is 0.0909. The van der Waals surface area contributed by atoms with Gasteiger partial charge in [0.2, 0.25) is 5.82 Å². The molecule has 4 aromatic rings. The molecule has 2 aromatic carbocycles. The molecular formula is C22H17ClN4O3S. The van der Waals surface area contributed by atoms with Crippen LogP contribution in [0.4, 0.5) is 5.69 Å². The van der Waals surface area contributed by atoms with Crippen LogP contribution in [-0.2, 0) is 10.5 Å². The van der Waals surface area contributed by atoms with Gasteiger partial charge in [-0.2, -0.15) is 4.98 Å². The van der Waals surface area contributed by atoms with E-state index in [-0.39, 0.29) is 18.6 Å². The highest BCUT2D eigenvalue weighted by Gasteiger charge is 2.13. The lowest BCUT2D eigenvalue weighted by Crippen LogP contribution is -2.20. The van der Waals surface area contributed by atoms with Gasteiger partial charge in [-0.25, -0.2) is 4.98 Å². The maximum Gasteiger partial charge on any atom is 0.418 e. The molecule has 9 heteroatoms. The first-order valence-electron chi connectivity index (χ1n) is 9.31. The van der Waals surface area contributed by atoms with E-state index in [9.17, 15) is 4.79 Å². The van der Waals surface area contributed by atoms with Crippen LogP contribution in [0.5, 0.6) is 6.08 Å². The maximum atomic E-state index is 12.2. The summed E-state index contributed by atoms with van der Waals surface area (Å²) in [6.45, 7) is -0.267. The number of ether oxygens (including phenoxy) is 1. The van der Waals surface area contributed by atoms with Gasteiger partial charge in [-0.1, -0.05) is 47.1 Å². The van der Waals surface area contributed by atoms with E-state index in [2.05, 4.69) is 20.4 Å². The van der Waals surface area contributed by atoms with Gasteiger partial charge < -0.3 is 10.1 Å². The van der Waals surface area contributed by atoms with Crippen LogP contribution in [0.25, 0.3) is 11.4 Å². The average Bonchev–Trinajstić information content (AvgIpc) is 3.26. The number of thioether (sulfide) groups is 1. The fourth-order valence-corrected chi connectivity index (χ4v) is 3.70. The highest BCUT2D eigenvalue weighted by atomic mass is 35.5. The number of benzene rings is 2. The molecule has 2 aromatic heterocycles. The molecule has 0 bridgehead atoms. The van der Waals surface area contributed by atoms with Crippen LogP contribution in [0.1, 0.15) is 5.56 Å². The first-order valence-corrected chi connectivity index (χ1v) is 10.7. The molecule has 7 nitrogen and oxygen atoms in total. The molecule has 0 atom stereocenters. The fourth-order valence-electron chi connectivity index (χ4n) is 2.67. The Labute approximate surface area is 187 Å². The first-order chi connectivity index (χ1) is 15.2. The lowest BCUT2D eigenvalue weighted by Gasteiger charge is -2.07. The van der Waals surface area contributed by atoms with E-state index < -0.39 is 0 Å². The van der Waals surface area contributed by atoms with Gasteiger partial charge in [0, 0.05) is 23.2 Å². The maximum absolute atomic E-state index is 12.2. The van der Waals surface area contributed by atoms with E-state index in [1.807, 2.05) is 48.5 Å². The Morgan fingerprint density at radius 2 is 1.97 bits per heavy atom. The van der Waals surface area contributed by atoms with Crippen LogP contribution in [0.15, 0.2) is 82.5 Å². The Morgan fingerprint density at radius 1 is 1.10 bits per heavy atom. The van der Waals surface area contributed by atoms with Crippen molar-refractivity contribution in [3.05, 3.63) is 83.5 Å². The molecule has 0 aliphatic heterocycles. The van der Waals surface area contributed by atoms with Crippen LogP contribution in [-0.4, -0.2) is 27.6 Å². The first kappa shape index (κ1) is 20.9. The molecule has 0 aliphatic carbocycles. The lowest BCUT2D eigenvalue weighted by molar-refractivity contribution is -0.118. The molecule has 1 amide bonds. The van der Waals surface area contributed by atoms with Gasteiger partial charge in [0.1, 0.15) is 0 Å². The molecule has 0 radical (unpaired) electrons. The lowest BCUT2D eigenvalue weighted by atomic mass is 10.2. The topological polar surface area (TPSA) is 90.1 Å². The van der Waals surface area contributed by atoms with Crippen molar-refractivity contribution in [2.75, 3.05) is 11.9 Å². The highest BCUT2D eigenvalue weighted by Crippen LogP contribution is 2.26. The number of halogens is 1. The summed E-state index contributed by atoms with van der Waals surface area (Å²) in [6, 6.07) is 20.5. The Kier molecular flexibility index (Phi) is 6.81. The zero-order valence-electron chi connectivity index (χ0n) is 16.2. The van der Waals surface area contributed by atoms with Crippen molar-refractivity contribution in [2.45, 2.75) is 10.8 Å². The zero-order chi connectivity index (χ0) is 21.5. The molecule has 0 saturated carbocycles. The largest absolute Gasteiger partial charge is 0.439 e. The van der Waals surface area contributed by atoms with Crippen LogP contribution in [0.3, 0.4) is 0 Å². The average molecular weight is 453 g/mol. The minimum Gasteiger partial charge on any atom is -0.439 e. The van der Waals surface area contributed by atoms with Crippen molar-refractivity contribution >= 4 is 35.0 Å². The number of anilines is 1. The predicted octanol–water partition coefficient (Wildman–Crippen LogP) is 5.09. The standard InChI is InChI=1S/C22H17ClN4O3S/c23-18-9-2-1-8-17(18)21-26-22(30-27-21)29-13-19(28)25-16-7-5-6-15(12-16)14-31-20-10-3-4-11-24-20/h1-12H,13-14H2,(H,25,28). The summed E-state index contributed by atoms with van der Waals surface area (Å²) in [5, 5.41) is 8.07. The van der Waals surface area contributed by atoms with Crippen molar-refractivity contribution in [2.24, 2.45) is 0 Å². The van der Waals surface area contributed by atoms with E-state index in [0.29, 0.717) is 22.1 Å². The summed E-state index contributed by atoms with van der Waals surface area (Å²) in [5.41, 5.74) is 2.36. The van der Waals surface area contributed by atoms with E-state index in [1.54, 1.807) is 36.2 Å². The van der Waals surface area contributed by atoms with Crippen molar-refractivity contribution < 1.29 is 14.1 Å². The van der Waals surface area contributed by atoms with Crippen molar-refractivity contribution in [1.29, 1.82) is 0 Å². The molecular weight excluding hydrogens is 436 g/mol. The smallest absolute Gasteiger partial charge is 0.418 e. The molecule has 31 heavy (non-hydrogen) atoms. The second-order valence-electron chi connectivity index (χ2n) is 6.36. The number of hydrogen-bond donors (Lipinski definition) is 1. The number of carbonyl (C=O) groups excluding carboxylic acids is 1. The summed E-state index contributed by atoms with van der Waals surface area (Å²) >= 11 is 7.75. The van der Waals surface area contributed by atoms with Gasteiger partial charge >= 0.3 is 6.08 Å². The number of nitrogens with one attached hydrogen (secondary N) is 1. The summed E-state index contributed by atoms with van der Waals surface area (Å²) in [7, 11) is 0. The number of carbonyl (C=O) groups is 1. The third kappa shape index (κ3) is 5.84. The molecule has 156 valence electrons. The predicted molar refractivity (Wildman–Crippen MR) is 119 cm³/mol. The van der Waals surface area contributed by atoms with Crippen LogP contribution < -0.4 is 10.1 Å². The minimum atomic E-state index is -0.341. The molecule has 0 fully saturated rings. The Hall–Kier alpha value is -3.36. The van der Waals surface area contributed by atoms with E-state index >= 15 is 0 Å². The normalized spacial score (nSPS) is 10.6. The molecule has 0 spiro atoms. The Bertz CT molecular complexity index is 1170. The SMILES string of the molecule is O=C(COc1nc(-c2ccccc2Cl)no1)Nc1cccc(CSc2ccccn2)c1. The molecule has 0 unspecified atom stereocenters.